The standard InChI is InChI=1S/C28H33N7O4/c1-17(38)23-24(18-7-10-34(11-8-18)27(39)28(2,15-36)16-37)32-26-21(13-31-35(26)25(23)29)19-4-5-22(30-12-19)20-6-9-33(3)14-20/h4-6,9,12-14,18,36-37H,7-8,10-11,15-16,29H2,1-3H3. The van der Waals surface area contributed by atoms with E-state index in [1.54, 1.807) is 24.2 Å². The molecule has 204 valence electrons. The Balaban J connectivity index is 1.48. The van der Waals surface area contributed by atoms with Crippen LogP contribution in [0.15, 0.2) is 43.0 Å². The summed E-state index contributed by atoms with van der Waals surface area (Å²) in [6.45, 7) is 2.98. The van der Waals surface area contributed by atoms with Crippen molar-refractivity contribution in [2.75, 3.05) is 32.0 Å². The Kier molecular flexibility index (Phi) is 6.96. The fourth-order valence-corrected chi connectivity index (χ4v) is 5.19. The summed E-state index contributed by atoms with van der Waals surface area (Å²) in [4.78, 5) is 36.8. The molecule has 4 aromatic rings. The number of hydrogen-bond donors (Lipinski definition) is 3. The Hall–Kier alpha value is -4.09. The molecule has 1 aliphatic rings. The molecule has 0 spiro atoms. The molecule has 11 heteroatoms. The first-order valence-corrected chi connectivity index (χ1v) is 12.9. The van der Waals surface area contributed by atoms with E-state index in [-0.39, 0.29) is 23.4 Å². The van der Waals surface area contributed by atoms with Crippen LogP contribution in [0.3, 0.4) is 0 Å². The molecule has 1 fully saturated rings. The number of nitrogen functional groups attached to an aromatic ring is 1. The van der Waals surface area contributed by atoms with Crippen LogP contribution < -0.4 is 5.73 Å². The molecule has 0 aliphatic carbocycles. The van der Waals surface area contributed by atoms with Gasteiger partial charge in [-0.05, 0) is 38.8 Å². The minimum absolute atomic E-state index is 0.101. The average Bonchev–Trinajstić information content (AvgIpc) is 3.58. The Morgan fingerprint density at radius 2 is 1.82 bits per heavy atom. The maximum Gasteiger partial charge on any atom is 0.233 e. The van der Waals surface area contributed by atoms with Gasteiger partial charge in [0.25, 0.3) is 0 Å². The van der Waals surface area contributed by atoms with E-state index in [1.807, 2.05) is 42.2 Å². The molecular weight excluding hydrogens is 498 g/mol. The molecule has 5 rings (SSSR count). The minimum Gasteiger partial charge on any atom is -0.395 e. The Bertz CT molecular complexity index is 1530. The number of pyridine rings is 1. The third-order valence-corrected chi connectivity index (χ3v) is 7.65. The van der Waals surface area contributed by atoms with Crippen LogP contribution in [0, 0.1) is 5.41 Å². The Morgan fingerprint density at radius 3 is 2.38 bits per heavy atom. The first kappa shape index (κ1) is 26.5. The largest absolute Gasteiger partial charge is 0.395 e. The van der Waals surface area contributed by atoms with Crippen LogP contribution >= 0.6 is 0 Å². The zero-order chi connectivity index (χ0) is 27.9. The number of aryl methyl sites for hydroxylation is 1. The van der Waals surface area contributed by atoms with Crippen LogP contribution in [0.2, 0.25) is 0 Å². The summed E-state index contributed by atoms with van der Waals surface area (Å²) in [5.74, 6) is -0.356. The normalized spacial score (nSPS) is 14.7. The van der Waals surface area contributed by atoms with Crippen molar-refractivity contribution in [3.05, 3.63) is 54.2 Å². The van der Waals surface area contributed by atoms with Gasteiger partial charge in [0.15, 0.2) is 11.4 Å². The molecule has 1 amide bonds. The van der Waals surface area contributed by atoms with E-state index >= 15 is 0 Å². The van der Waals surface area contributed by atoms with Crippen LogP contribution in [0.4, 0.5) is 5.82 Å². The van der Waals surface area contributed by atoms with Crippen molar-refractivity contribution in [2.45, 2.75) is 32.6 Å². The molecule has 0 unspecified atom stereocenters. The van der Waals surface area contributed by atoms with Crippen LogP contribution in [0.1, 0.15) is 48.7 Å². The molecular formula is C28H33N7O4. The average molecular weight is 532 g/mol. The molecule has 0 aromatic carbocycles. The maximum absolute atomic E-state index is 12.9. The lowest BCUT2D eigenvalue weighted by molar-refractivity contribution is -0.147. The molecule has 5 heterocycles. The molecule has 0 saturated carbocycles. The molecule has 1 aliphatic heterocycles. The second kappa shape index (κ2) is 10.2. The van der Waals surface area contributed by atoms with Gasteiger partial charge in [-0.15, -0.1) is 0 Å². The number of fused-ring (bicyclic) bond motifs is 1. The van der Waals surface area contributed by atoms with E-state index in [0.29, 0.717) is 42.8 Å². The van der Waals surface area contributed by atoms with Gasteiger partial charge in [-0.25, -0.2) is 4.98 Å². The Labute approximate surface area is 225 Å². The number of amides is 1. The van der Waals surface area contributed by atoms with Gasteiger partial charge in [-0.3, -0.25) is 14.6 Å². The summed E-state index contributed by atoms with van der Waals surface area (Å²) in [6.07, 6.45) is 8.56. The molecule has 0 radical (unpaired) electrons. The summed E-state index contributed by atoms with van der Waals surface area (Å²) in [5.41, 5.74) is 10.2. The number of aromatic nitrogens is 5. The highest BCUT2D eigenvalue weighted by molar-refractivity contribution is 6.00. The van der Waals surface area contributed by atoms with Crippen molar-refractivity contribution in [1.29, 1.82) is 0 Å². The number of ketones is 1. The van der Waals surface area contributed by atoms with Gasteiger partial charge in [-0.2, -0.15) is 9.61 Å². The van der Waals surface area contributed by atoms with Crippen molar-refractivity contribution in [3.63, 3.8) is 0 Å². The number of piperidine rings is 1. The van der Waals surface area contributed by atoms with Crippen LogP contribution in [-0.4, -0.2) is 77.3 Å². The van der Waals surface area contributed by atoms with Gasteiger partial charge in [0.05, 0.1) is 41.8 Å². The SMILES string of the molecule is CC(=O)c1c(C2CCN(C(=O)C(C)(CO)CO)CC2)nc2c(-c3ccc(-c4ccn(C)c4)nc3)cnn2c1N. The number of rotatable bonds is 7. The predicted octanol–water partition coefficient (Wildman–Crippen LogP) is 2.28. The van der Waals surface area contributed by atoms with Gasteiger partial charge in [0.1, 0.15) is 5.82 Å². The van der Waals surface area contributed by atoms with Crippen molar-refractivity contribution < 1.29 is 19.8 Å². The number of likely N-dealkylation sites (tertiary alicyclic amines) is 1. The molecule has 1 saturated heterocycles. The summed E-state index contributed by atoms with van der Waals surface area (Å²) < 4.78 is 3.46. The number of carbonyl (C=O) groups is 2. The first-order chi connectivity index (χ1) is 18.7. The monoisotopic (exact) mass is 531 g/mol. The highest BCUT2D eigenvalue weighted by Crippen LogP contribution is 2.35. The number of carbonyl (C=O) groups excluding carboxylic acids is 2. The number of anilines is 1. The summed E-state index contributed by atoms with van der Waals surface area (Å²) in [7, 11) is 1.96. The van der Waals surface area contributed by atoms with Crippen molar-refractivity contribution in [3.8, 4) is 22.4 Å². The van der Waals surface area contributed by atoms with Crippen molar-refractivity contribution >= 4 is 23.2 Å². The van der Waals surface area contributed by atoms with Crippen molar-refractivity contribution in [1.82, 2.24) is 29.0 Å². The van der Waals surface area contributed by atoms with Crippen LogP contribution in [-0.2, 0) is 11.8 Å². The molecule has 4 N–H and O–H groups in total. The zero-order valence-electron chi connectivity index (χ0n) is 22.3. The number of aliphatic hydroxyl groups is 2. The fourth-order valence-electron chi connectivity index (χ4n) is 5.19. The summed E-state index contributed by atoms with van der Waals surface area (Å²) in [6, 6.07) is 5.91. The highest BCUT2D eigenvalue weighted by Gasteiger charge is 2.38. The topological polar surface area (TPSA) is 152 Å². The highest BCUT2D eigenvalue weighted by atomic mass is 16.3. The number of hydrogen-bond acceptors (Lipinski definition) is 8. The minimum atomic E-state index is -1.23. The number of nitrogens with zero attached hydrogens (tertiary/aromatic N) is 6. The second-order valence-corrected chi connectivity index (χ2v) is 10.5. The van der Waals surface area contributed by atoms with E-state index in [9.17, 15) is 19.8 Å². The number of nitrogens with two attached hydrogens (primary N) is 1. The lowest BCUT2D eigenvalue weighted by Crippen LogP contribution is -2.49. The van der Waals surface area contributed by atoms with Gasteiger partial charge in [0, 0.05) is 61.3 Å². The third-order valence-electron chi connectivity index (χ3n) is 7.65. The van der Waals surface area contributed by atoms with Gasteiger partial charge >= 0.3 is 0 Å². The first-order valence-electron chi connectivity index (χ1n) is 12.9. The molecule has 4 aromatic heterocycles. The Morgan fingerprint density at radius 1 is 1.10 bits per heavy atom. The molecule has 11 nitrogen and oxygen atoms in total. The van der Waals surface area contributed by atoms with E-state index in [0.717, 1.165) is 22.4 Å². The third kappa shape index (κ3) is 4.68. The quantitative estimate of drug-likeness (QED) is 0.307. The van der Waals surface area contributed by atoms with E-state index in [1.165, 1.54) is 11.4 Å². The summed E-state index contributed by atoms with van der Waals surface area (Å²) >= 11 is 0. The zero-order valence-corrected chi connectivity index (χ0v) is 22.3. The maximum atomic E-state index is 12.9. The predicted molar refractivity (Wildman–Crippen MR) is 146 cm³/mol. The lowest BCUT2D eigenvalue weighted by Gasteiger charge is -2.37. The molecule has 39 heavy (non-hydrogen) atoms. The van der Waals surface area contributed by atoms with Gasteiger partial charge in [0.2, 0.25) is 5.91 Å². The smallest absolute Gasteiger partial charge is 0.233 e. The fraction of sp³-hybridized carbons (Fsp3) is 0.393. The van der Waals surface area contributed by atoms with Crippen LogP contribution in [0.5, 0.6) is 0 Å². The molecule has 0 atom stereocenters. The van der Waals surface area contributed by atoms with E-state index in [2.05, 4.69) is 10.1 Å². The van der Waals surface area contributed by atoms with Crippen molar-refractivity contribution in [2.24, 2.45) is 12.5 Å². The van der Waals surface area contributed by atoms with E-state index < -0.39 is 18.6 Å². The van der Waals surface area contributed by atoms with E-state index in [4.69, 9.17) is 10.7 Å². The number of Topliss-reactive ketones (excluding diaryl/α,β-unsaturated/α-hetero) is 1. The summed E-state index contributed by atoms with van der Waals surface area (Å²) in [5, 5.41) is 23.7. The number of aliphatic hydroxyl groups excluding tert-OH is 2. The second-order valence-electron chi connectivity index (χ2n) is 10.5. The van der Waals surface area contributed by atoms with Gasteiger partial charge in [-0.1, -0.05) is 6.07 Å². The van der Waals surface area contributed by atoms with Gasteiger partial charge < -0.3 is 25.4 Å². The lowest BCUT2D eigenvalue weighted by atomic mass is 9.86. The molecule has 0 bridgehead atoms. The van der Waals surface area contributed by atoms with Crippen LogP contribution in [0.25, 0.3) is 28.0 Å².